The van der Waals surface area contributed by atoms with E-state index in [1.807, 2.05) is 12.3 Å². The van der Waals surface area contributed by atoms with E-state index in [1.54, 1.807) is 17.5 Å². The molecule has 0 saturated heterocycles. The van der Waals surface area contributed by atoms with E-state index in [9.17, 15) is 13.2 Å². The van der Waals surface area contributed by atoms with Crippen molar-refractivity contribution in [2.75, 3.05) is 6.54 Å². The summed E-state index contributed by atoms with van der Waals surface area (Å²) < 4.78 is 37.5. The van der Waals surface area contributed by atoms with E-state index in [0.29, 0.717) is 0 Å². The summed E-state index contributed by atoms with van der Waals surface area (Å²) in [4.78, 5) is 4.26. The van der Waals surface area contributed by atoms with Crippen LogP contribution in [0, 0.1) is 0 Å². The lowest BCUT2D eigenvalue weighted by Gasteiger charge is -2.17. The zero-order valence-electron chi connectivity index (χ0n) is 11.8. The molecule has 21 heavy (non-hydrogen) atoms. The third-order valence-corrected chi connectivity index (χ3v) is 4.35. The zero-order valence-corrected chi connectivity index (χ0v) is 12.6. The molecular formula is C15H17F3N2S. The average Bonchev–Trinajstić information content (AvgIpc) is 2.98. The summed E-state index contributed by atoms with van der Waals surface area (Å²) in [5, 5.41) is 6.32. The maximum absolute atomic E-state index is 12.5. The lowest BCUT2D eigenvalue weighted by atomic mass is 10.0. The van der Waals surface area contributed by atoms with Gasteiger partial charge >= 0.3 is 6.18 Å². The SMILES string of the molecule is CC(CNC(C)c1ccc(C(F)(F)F)cc1)c1nccs1. The number of nitrogens with one attached hydrogen (secondary N) is 1. The summed E-state index contributed by atoms with van der Waals surface area (Å²) in [6.07, 6.45) is -2.51. The topological polar surface area (TPSA) is 24.9 Å². The van der Waals surface area contributed by atoms with E-state index in [2.05, 4.69) is 17.2 Å². The molecule has 0 aliphatic carbocycles. The maximum Gasteiger partial charge on any atom is 0.416 e. The van der Waals surface area contributed by atoms with Gasteiger partial charge in [-0.25, -0.2) is 4.98 Å². The molecule has 6 heteroatoms. The van der Waals surface area contributed by atoms with E-state index in [0.717, 1.165) is 29.2 Å². The monoisotopic (exact) mass is 314 g/mol. The summed E-state index contributed by atoms with van der Waals surface area (Å²) in [6, 6.07) is 5.29. The van der Waals surface area contributed by atoms with Gasteiger partial charge in [-0.15, -0.1) is 11.3 Å². The fraction of sp³-hybridized carbons (Fsp3) is 0.400. The third kappa shape index (κ3) is 4.28. The molecule has 2 unspecified atom stereocenters. The van der Waals surface area contributed by atoms with Crippen LogP contribution in [0.1, 0.15) is 41.9 Å². The van der Waals surface area contributed by atoms with Gasteiger partial charge in [-0.05, 0) is 24.6 Å². The summed E-state index contributed by atoms with van der Waals surface area (Å²) in [5.41, 5.74) is 0.226. The van der Waals surface area contributed by atoms with Gasteiger partial charge in [0.2, 0.25) is 0 Å². The van der Waals surface area contributed by atoms with Crippen molar-refractivity contribution in [3.05, 3.63) is 52.0 Å². The molecule has 2 nitrogen and oxygen atoms in total. The normalized spacial score (nSPS) is 14.9. The van der Waals surface area contributed by atoms with E-state index < -0.39 is 11.7 Å². The fourth-order valence-electron chi connectivity index (χ4n) is 2.00. The molecule has 1 heterocycles. The number of hydrogen-bond donors (Lipinski definition) is 1. The number of rotatable bonds is 5. The second kappa shape index (κ2) is 6.58. The Bertz CT molecular complexity index is 549. The van der Waals surface area contributed by atoms with Crippen molar-refractivity contribution in [1.29, 1.82) is 0 Å². The lowest BCUT2D eigenvalue weighted by Crippen LogP contribution is -2.23. The van der Waals surface area contributed by atoms with Crippen molar-refractivity contribution in [2.24, 2.45) is 0 Å². The molecule has 0 aliphatic rings. The first kappa shape index (κ1) is 16.0. The minimum atomic E-state index is -4.28. The van der Waals surface area contributed by atoms with Gasteiger partial charge in [-0.1, -0.05) is 19.1 Å². The zero-order chi connectivity index (χ0) is 15.5. The second-order valence-electron chi connectivity index (χ2n) is 5.02. The van der Waals surface area contributed by atoms with Crippen LogP contribution >= 0.6 is 11.3 Å². The summed E-state index contributed by atoms with van der Waals surface area (Å²) in [7, 11) is 0. The molecule has 0 bridgehead atoms. The van der Waals surface area contributed by atoms with Crippen LogP contribution in [0.2, 0.25) is 0 Å². The first-order valence-electron chi connectivity index (χ1n) is 6.68. The molecule has 2 aromatic rings. The van der Waals surface area contributed by atoms with E-state index in [-0.39, 0.29) is 12.0 Å². The molecule has 114 valence electrons. The third-order valence-electron chi connectivity index (χ3n) is 3.34. The minimum Gasteiger partial charge on any atom is -0.310 e. The predicted octanol–water partition coefficient (Wildman–Crippen LogP) is 4.62. The van der Waals surface area contributed by atoms with E-state index >= 15 is 0 Å². The van der Waals surface area contributed by atoms with Crippen LogP contribution in [0.5, 0.6) is 0 Å². The number of alkyl halides is 3. The smallest absolute Gasteiger partial charge is 0.310 e. The van der Waals surface area contributed by atoms with Gasteiger partial charge in [0.05, 0.1) is 10.6 Å². The summed E-state index contributed by atoms with van der Waals surface area (Å²) in [5.74, 6) is 0.280. The largest absolute Gasteiger partial charge is 0.416 e. The molecule has 0 spiro atoms. The lowest BCUT2D eigenvalue weighted by molar-refractivity contribution is -0.137. The predicted molar refractivity (Wildman–Crippen MR) is 78.4 cm³/mol. The highest BCUT2D eigenvalue weighted by atomic mass is 32.1. The molecule has 1 N–H and O–H groups in total. The highest BCUT2D eigenvalue weighted by Crippen LogP contribution is 2.30. The molecule has 1 aromatic heterocycles. The Hall–Kier alpha value is -1.40. The Balaban J connectivity index is 1.93. The van der Waals surface area contributed by atoms with Crippen molar-refractivity contribution < 1.29 is 13.2 Å². The molecule has 0 aliphatic heterocycles. The van der Waals surface area contributed by atoms with Crippen LogP contribution in [-0.4, -0.2) is 11.5 Å². The molecule has 0 amide bonds. The number of benzene rings is 1. The standard InChI is InChI=1S/C15H17F3N2S/c1-10(14-19-7-8-21-14)9-20-11(2)12-3-5-13(6-4-12)15(16,17)18/h3-8,10-11,20H,9H2,1-2H3. The van der Waals surface area contributed by atoms with Gasteiger partial charge in [0, 0.05) is 30.1 Å². The van der Waals surface area contributed by atoms with Gasteiger partial charge in [-0.3, -0.25) is 0 Å². The van der Waals surface area contributed by atoms with E-state index in [4.69, 9.17) is 0 Å². The average molecular weight is 314 g/mol. The van der Waals surface area contributed by atoms with Crippen LogP contribution in [0.4, 0.5) is 13.2 Å². The van der Waals surface area contributed by atoms with Crippen molar-refractivity contribution in [3.8, 4) is 0 Å². The fourth-order valence-corrected chi connectivity index (χ4v) is 2.70. The van der Waals surface area contributed by atoms with Gasteiger partial charge in [0.25, 0.3) is 0 Å². The molecule has 1 aromatic carbocycles. The first-order valence-corrected chi connectivity index (χ1v) is 7.56. The van der Waals surface area contributed by atoms with Crippen molar-refractivity contribution in [3.63, 3.8) is 0 Å². The number of thiazole rings is 1. The van der Waals surface area contributed by atoms with Crippen LogP contribution < -0.4 is 5.32 Å². The van der Waals surface area contributed by atoms with Gasteiger partial charge in [-0.2, -0.15) is 13.2 Å². The quantitative estimate of drug-likeness (QED) is 0.871. The summed E-state index contributed by atoms with van der Waals surface area (Å²) >= 11 is 1.61. The van der Waals surface area contributed by atoms with Crippen LogP contribution in [-0.2, 0) is 6.18 Å². The van der Waals surface area contributed by atoms with Crippen molar-refractivity contribution in [1.82, 2.24) is 10.3 Å². The van der Waals surface area contributed by atoms with Gasteiger partial charge in [0.1, 0.15) is 0 Å². The van der Waals surface area contributed by atoms with Crippen LogP contribution in [0.3, 0.4) is 0 Å². The molecule has 0 fully saturated rings. The first-order chi connectivity index (χ1) is 9.88. The number of halogens is 3. The highest BCUT2D eigenvalue weighted by molar-refractivity contribution is 7.09. The Kier molecular flexibility index (Phi) is 5.00. The highest BCUT2D eigenvalue weighted by Gasteiger charge is 2.30. The van der Waals surface area contributed by atoms with Gasteiger partial charge in [0.15, 0.2) is 0 Å². The second-order valence-corrected chi connectivity index (χ2v) is 5.95. The molecule has 0 radical (unpaired) electrons. The molecule has 2 atom stereocenters. The minimum absolute atomic E-state index is 0.00491. The molecule has 2 rings (SSSR count). The van der Waals surface area contributed by atoms with Crippen molar-refractivity contribution in [2.45, 2.75) is 32.0 Å². The molecular weight excluding hydrogens is 297 g/mol. The van der Waals surface area contributed by atoms with E-state index in [1.165, 1.54) is 12.1 Å². The number of aromatic nitrogens is 1. The number of nitrogens with zero attached hydrogens (tertiary/aromatic N) is 1. The Morgan fingerprint density at radius 1 is 1.19 bits per heavy atom. The van der Waals surface area contributed by atoms with Crippen LogP contribution in [0.15, 0.2) is 35.8 Å². The number of hydrogen-bond acceptors (Lipinski definition) is 3. The maximum atomic E-state index is 12.5. The van der Waals surface area contributed by atoms with Gasteiger partial charge < -0.3 is 5.32 Å². The Labute approximate surface area is 126 Å². The molecule has 0 saturated carbocycles. The van der Waals surface area contributed by atoms with Crippen molar-refractivity contribution >= 4 is 11.3 Å². The Morgan fingerprint density at radius 2 is 1.86 bits per heavy atom. The summed E-state index contributed by atoms with van der Waals surface area (Å²) in [6.45, 7) is 4.75. The van der Waals surface area contributed by atoms with Crippen LogP contribution in [0.25, 0.3) is 0 Å². The Morgan fingerprint density at radius 3 is 2.38 bits per heavy atom.